The fourth-order valence-corrected chi connectivity index (χ4v) is 7.74. The van der Waals surface area contributed by atoms with Gasteiger partial charge in [0.1, 0.15) is 18.7 Å². The molecule has 2 aliphatic rings. The maximum absolute atomic E-state index is 14.1. The molecule has 0 bridgehead atoms. The summed E-state index contributed by atoms with van der Waals surface area (Å²) in [5.41, 5.74) is 13.9. The number of hydrogen-bond donors (Lipinski definition) is 5. The number of aliphatic carboxylic acids is 2. The Kier molecular flexibility index (Phi) is 23.4. The fraction of sp³-hybridized carbons (Fsp3) is 0.705. The van der Waals surface area contributed by atoms with Crippen LogP contribution >= 0.6 is 0 Å². The number of hydrogen-bond acceptors (Lipinski definition) is 19. The molecule has 2 saturated heterocycles. The molecule has 0 aromatic carbocycles. The first-order valence-electron chi connectivity index (χ1n) is 23.8. The highest BCUT2D eigenvalue weighted by molar-refractivity contribution is 5.82. The average Bonchev–Trinajstić information content (AvgIpc) is 4.06. The summed E-state index contributed by atoms with van der Waals surface area (Å²) < 4.78 is 19.3. The van der Waals surface area contributed by atoms with Crippen LogP contribution in [0.5, 0.6) is 0 Å². The summed E-state index contributed by atoms with van der Waals surface area (Å²) in [4.78, 5) is 73.2. The van der Waals surface area contributed by atoms with E-state index in [2.05, 4.69) is 31.9 Å². The molecule has 2 amide bonds. The Balaban J connectivity index is 0.0000107. The van der Waals surface area contributed by atoms with Crippen molar-refractivity contribution in [3.05, 3.63) is 23.8 Å². The van der Waals surface area contributed by atoms with Crippen molar-refractivity contribution >= 4 is 41.6 Å². The van der Waals surface area contributed by atoms with E-state index in [0.29, 0.717) is 121 Å². The quantitative estimate of drug-likeness (QED) is 0.0363. The molecule has 2 aliphatic heterocycles. The van der Waals surface area contributed by atoms with Gasteiger partial charge in [-0.25, -0.2) is 9.36 Å². The number of nitrogens with two attached hydrogens (primary N) is 2. The number of rotatable bonds is 29. The number of carboxylic acid groups (broad SMARTS) is 2. The van der Waals surface area contributed by atoms with Crippen molar-refractivity contribution in [3.8, 4) is 12.3 Å². The van der Waals surface area contributed by atoms with E-state index in [0.717, 1.165) is 12.8 Å². The lowest BCUT2D eigenvalue weighted by Gasteiger charge is -2.38. The van der Waals surface area contributed by atoms with Crippen LogP contribution in [0.15, 0.2) is 12.4 Å². The third-order valence-corrected chi connectivity index (χ3v) is 12.5. The predicted molar refractivity (Wildman–Crippen MR) is 252 cm³/mol. The first-order valence-corrected chi connectivity index (χ1v) is 23.8. The van der Waals surface area contributed by atoms with Crippen LogP contribution in [0.2, 0.25) is 0 Å². The van der Waals surface area contributed by atoms with Crippen molar-refractivity contribution in [2.24, 2.45) is 23.3 Å². The van der Waals surface area contributed by atoms with Gasteiger partial charge in [0.05, 0.1) is 68.9 Å². The van der Waals surface area contributed by atoms with E-state index in [-0.39, 0.29) is 80.4 Å². The number of carbonyl (C=O) groups is 4. The van der Waals surface area contributed by atoms with Crippen LogP contribution in [0.3, 0.4) is 0 Å². The highest BCUT2D eigenvalue weighted by Crippen LogP contribution is 2.27. The second-order valence-corrected chi connectivity index (χ2v) is 17.3. The number of piperazine rings is 2. The maximum Gasteiger partial charge on any atom is 0.303 e. The van der Waals surface area contributed by atoms with E-state index in [4.69, 9.17) is 47.1 Å². The van der Waals surface area contributed by atoms with Gasteiger partial charge in [0.15, 0.2) is 0 Å². The zero-order valence-corrected chi connectivity index (χ0v) is 41.4. The van der Waals surface area contributed by atoms with Gasteiger partial charge in [-0.2, -0.15) is 15.0 Å². The molecule has 0 saturated carbocycles. The Labute approximate surface area is 414 Å². The minimum atomic E-state index is -1.03. The van der Waals surface area contributed by atoms with Gasteiger partial charge < -0.3 is 73.2 Å². The summed E-state index contributed by atoms with van der Waals surface area (Å²) in [6.45, 7) is 13.2. The number of halogens is 1. The molecule has 26 heteroatoms. The standard InChI is InChI=1S/C44H70N16O9.ClH/c1-6-22-67-24-26-69-27-25-68-23-13-47-42-48-43(57-18-14-55(15-19-57)40(65)34(9-11-36(61)62)59-28-32(51-53-59)38(45)30(4)7-2)50-44(49-42)58-20-16-56(17-21-58)41(66)35(10-12-37(63)64)60-29-33(52-54-60)39(46)31(5)8-3;/h1,28-31,34-35,38-39H,7-27,45-46H2,2-5H3,(H,61,62)(H,63,64)(H,47,48,49,50);1H/p-1/t30-,31-,34+,35+,38?,39?;/m1./s1. The summed E-state index contributed by atoms with van der Waals surface area (Å²) >= 11 is 0. The van der Waals surface area contributed by atoms with Gasteiger partial charge in [-0.05, 0) is 24.7 Å². The third-order valence-electron chi connectivity index (χ3n) is 12.5. The number of carboxylic acids is 2. The smallest absolute Gasteiger partial charge is 0.303 e. The third kappa shape index (κ3) is 16.4. The Morgan fingerprint density at radius 2 is 1.10 bits per heavy atom. The molecule has 5 rings (SSSR count). The number of nitrogens with zero attached hydrogens (tertiary/aromatic N) is 13. The Morgan fingerprint density at radius 3 is 1.50 bits per heavy atom. The topological polar surface area (TPSA) is 314 Å². The molecular formula is C44H70ClN16O9-. The van der Waals surface area contributed by atoms with Gasteiger partial charge in [-0.15, -0.1) is 16.6 Å². The van der Waals surface area contributed by atoms with E-state index in [1.54, 1.807) is 22.2 Å². The largest absolute Gasteiger partial charge is 1.00 e. The molecule has 7 N–H and O–H groups in total. The normalized spacial score (nSPS) is 16.6. The van der Waals surface area contributed by atoms with Crippen LogP contribution in [-0.2, 0) is 33.4 Å². The molecule has 2 fully saturated rings. The van der Waals surface area contributed by atoms with E-state index in [1.165, 1.54) is 9.36 Å². The molecular weight excluding hydrogens is 932 g/mol. The van der Waals surface area contributed by atoms with Crippen LogP contribution in [0.1, 0.15) is 102 Å². The predicted octanol–water partition coefficient (Wildman–Crippen LogP) is -2.25. The second kappa shape index (κ2) is 28.8. The van der Waals surface area contributed by atoms with Crippen molar-refractivity contribution in [3.63, 3.8) is 0 Å². The minimum Gasteiger partial charge on any atom is -1.00 e. The summed E-state index contributed by atoms with van der Waals surface area (Å²) in [6.07, 6.45) is 9.70. The molecule has 25 nitrogen and oxygen atoms in total. The molecule has 388 valence electrons. The Morgan fingerprint density at radius 1 is 0.686 bits per heavy atom. The Hall–Kier alpha value is -5.78. The Bertz CT molecular complexity index is 2020. The molecule has 3 aromatic heterocycles. The molecule has 0 aliphatic carbocycles. The number of anilines is 3. The minimum absolute atomic E-state index is 0. The molecule has 70 heavy (non-hydrogen) atoms. The first-order chi connectivity index (χ1) is 33.2. The molecule has 0 spiro atoms. The monoisotopic (exact) mass is 1000 g/mol. The van der Waals surface area contributed by atoms with Crippen LogP contribution in [0.25, 0.3) is 0 Å². The second-order valence-electron chi connectivity index (χ2n) is 17.3. The van der Waals surface area contributed by atoms with E-state index in [9.17, 15) is 29.4 Å². The van der Waals surface area contributed by atoms with Crippen molar-refractivity contribution in [1.82, 2.24) is 54.7 Å². The van der Waals surface area contributed by atoms with Gasteiger partial charge in [-0.3, -0.25) is 19.2 Å². The van der Waals surface area contributed by atoms with E-state index in [1.807, 2.05) is 37.5 Å². The SMILES string of the molecule is C#CCOCCOCCOCCNc1nc(N2CCN(C(=O)[C@H](CCC(=O)O)n3cc(C(N)[C@H](C)CC)nn3)CC2)nc(N2CCN(C(=O)[C@H](CCC(=O)O)n3cc(C(N)[C@H](C)CC)nn3)CC2)n1.[Cl-]. The average molecular weight is 1000 g/mol. The maximum atomic E-state index is 14.1. The van der Waals surface area contributed by atoms with Gasteiger partial charge in [-0.1, -0.05) is 56.9 Å². The first kappa shape index (κ1) is 56.8. The number of amides is 2. The number of carbonyl (C=O) groups excluding carboxylic acids is 2. The number of terminal acetylenes is 1. The fourth-order valence-electron chi connectivity index (χ4n) is 7.74. The van der Waals surface area contributed by atoms with Gasteiger partial charge in [0, 0.05) is 71.7 Å². The summed E-state index contributed by atoms with van der Waals surface area (Å²) in [6, 6.07) is -2.55. The lowest BCUT2D eigenvalue weighted by atomic mass is 9.98. The lowest BCUT2D eigenvalue weighted by Crippen LogP contribution is -3.00. The number of aromatic nitrogens is 9. The van der Waals surface area contributed by atoms with Crippen LogP contribution in [0.4, 0.5) is 17.8 Å². The summed E-state index contributed by atoms with van der Waals surface area (Å²) in [7, 11) is 0. The van der Waals surface area contributed by atoms with Crippen molar-refractivity contribution in [2.45, 2.75) is 90.4 Å². The molecule has 2 unspecified atom stereocenters. The molecule has 3 aromatic rings. The van der Waals surface area contributed by atoms with Gasteiger partial charge in [0.25, 0.3) is 0 Å². The zero-order chi connectivity index (χ0) is 49.9. The molecule has 5 heterocycles. The van der Waals surface area contributed by atoms with Gasteiger partial charge >= 0.3 is 11.9 Å². The van der Waals surface area contributed by atoms with Crippen molar-refractivity contribution in [1.29, 1.82) is 0 Å². The highest BCUT2D eigenvalue weighted by atomic mass is 35.5. The van der Waals surface area contributed by atoms with Crippen molar-refractivity contribution in [2.75, 3.05) is 114 Å². The van der Waals surface area contributed by atoms with Crippen LogP contribution in [0, 0.1) is 24.2 Å². The summed E-state index contributed by atoms with van der Waals surface area (Å²) in [5.74, 6) is 1.11. The highest BCUT2D eigenvalue weighted by Gasteiger charge is 2.34. The summed E-state index contributed by atoms with van der Waals surface area (Å²) in [5, 5.41) is 39.2. The number of ether oxygens (including phenoxy) is 3. The van der Waals surface area contributed by atoms with E-state index >= 15 is 0 Å². The van der Waals surface area contributed by atoms with Crippen molar-refractivity contribution < 1.29 is 56.0 Å². The van der Waals surface area contributed by atoms with Crippen LogP contribution < -0.4 is 39.0 Å². The van der Waals surface area contributed by atoms with Crippen LogP contribution in [-0.4, -0.2) is 187 Å². The van der Waals surface area contributed by atoms with Gasteiger partial charge in [0.2, 0.25) is 29.7 Å². The molecule has 0 radical (unpaired) electrons. The zero-order valence-electron chi connectivity index (χ0n) is 40.6. The molecule has 6 atom stereocenters. The number of nitrogens with one attached hydrogen (secondary N) is 1. The lowest BCUT2D eigenvalue weighted by molar-refractivity contribution is -0.140. The van der Waals surface area contributed by atoms with E-state index < -0.39 is 24.0 Å².